The molecule has 0 bridgehead atoms. The van der Waals surface area contributed by atoms with Crippen LogP contribution in [-0.2, 0) is 20.9 Å². The minimum absolute atomic E-state index is 0.160. The van der Waals surface area contributed by atoms with Gasteiger partial charge in [0.05, 0.1) is 33.9 Å². The number of aromatic nitrogens is 5. The molecule has 0 spiro atoms. The molecule has 0 aliphatic rings. The normalized spacial score (nSPS) is 11.9. The molecular weight excluding hydrogens is 531 g/mol. The van der Waals surface area contributed by atoms with Crippen molar-refractivity contribution in [3.8, 4) is 34.0 Å². The van der Waals surface area contributed by atoms with Gasteiger partial charge in [-0.05, 0) is 30.2 Å². The highest BCUT2D eigenvalue weighted by Crippen LogP contribution is 2.36. The summed E-state index contributed by atoms with van der Waals surface area (Å²) in [4.78, 5) is 17.3. The summed E-state index contributed by atoms with van der Waals surface area (Å²) < 4.78 is 44.4. The van der Waals surface area contributed by atoms with Crippen LogP contribution >= 0.6 is 11.6 Å². The summed E-state index contributed by atoms with van der Waals surface area (Å²) in [6, 6.07) is 17.5. The molecule has 2 aromatic carbocycles. The Balaban J connectivity index is 1.69. The highest BCUT2D eigenvalue weighted by Gasteiger charge is 2.22. The van der Waals surface area contributed by atoms with E-state index in [0.29, 0.717) is 34.8 Å². The maximum Gasteiger partial charge on any atom is 0.285 e. The largest absolute Gasteiger partial charge is 0.336 e. The van der Waals surface area contributed by atoms with Gasteiger partial charge < -0.3 is 4.98 Å². The van der Waals surface area contributed by atoms with Crippen LogP contribution in [-0.4, -0.2) is 39.2 Å². The third-order valence-corrected chi connectivity index (χ3v) is 6.33. The smallest absolute Gasteiger partial charge is 0.285 e. The van der Waals surface area contributed by atoms with Crippen molar-refractivity contribution in [3.05, 3.63) is 71.5 Å². The van der Waals surface area contributed by atoms with Gasteiger partial charge in [0.1, 0.15) is 17.2 Å². The van der Waals surface area contributed by atoms with Gasteiger partial charge in [-0.25, -0.2) is 24.8 Å². The molecule has 3 heterocycles. The third kappa shape index (κ3) is 5.26. The van der Waals surface area contributed by atoms with Crippen LogP contribution in [0.25, 0.3) is 45.2 Å². The monoisotopic (exact) mass is 554 g/mol. The molecule has 196 valence electrons. The predicted octanol–water partition coefficient (Wildman–Crippen LogP) is 5.91. The van der Waals surface area contributed by atoms with Gasteiger partial charge in [-0.1, -0.05) is 61.8 Å². The topological polar surface area (TPSA) is 115 Å². The molecule has 0 saturated carbocycles. The molecule has 5 rings (SSSR count). The molecule has 0 unspecified atom stereocenters. The number of pyridine rings is 1. The molecule has 0 radical (unpaired) electrons. The Morgan fingerprint density at radius 2 is 1.82 bits per heavy atom. The molecule has 2 N–H and O–H groups in total. The fraction of sp³-hybridized carbons (Fsp3) is 0.192. The maximum absolute atomic E-state index is 14.8. The summed E-state index contributed by atoms with van der Waals surface area (Å²) in [5, 5.41) is 0.227. The summed E-state index contributed by atoms with van der Waals surface area (Å²) in [5.41, 5.74) is 6.10. The van der Waals surface area contributed by atoms with E-state index >= 15 is 0 Å². The lowest BCUT2D eigenvalue weighted by molar-refractivity contribution is 0.385. The van der Waals surface area contributed by atoms with Crippen LogP contribution in [0.5, 0.6) is 0 Å². The number of benzene rings is 2. The number of hydrogen-bond donors (Lipinski definition) is 2. The lowest BCUT2D eigenvalue weighted by Gasteiger charge is -2.12. The molecule has 5 aromatic rings. The van der Waals surface area contributed by atoms with Crippen molar-refractivity contribution in [2.75, 3.05) is 11.7 Å². The summed E-state index contributed by atoms with van der Waals surface area (Å²) >= 11 is 6.34. The first-order valence-electron chi connectivity index (χ1n) is 11.7. The first kappa shape index (κ1) is 25.8. The van der Waals surface area contributed by atoms with Gasteiger partial charge in [-0.3, -0.25) is 4.57 Å². The van der Waals surface area contributed by atoms with Gasteiger partial charge in [0.15, 0.2) is 5.65 Å². The van der Waals surface area contributed by atoms with Crippen LogP contribution in [0.15, 0.2) is 60.7 Å². The summed E-state index contributed by atoms with van der Waals surface area (Å²) in [5.74, 6) is 0.162. The Morgan fingerprint density at radius 3 is 2.50 bits per heavy atom. The van der Waals surface area contributed by atoms with E-state index in [-0.39, 0.29) is 28.3 Å². The number of imidazole rings is 2. The lowest BCUT2D eigenvalue weighted by atomic mass is 10.1. The van der Waals surface area contributed by atoms with Crippen molar-refractivity contribution in [1.82, 2.24) is 24.5 Å². The van der Waals surface area contributed by atoms with E-state index in [9.17, 15) is 12.8 Å². The zero-order valence-corrected chi connectivity index (χ0v) is 22.3. The molecule has 0 fully saturated rings. The molecule has 0 aliphatic heterocycles. The summed E-state index contributed by atoms with van der Waals surface area (Å²) in [6.45, 7) is 4.53. The number of nitrogens with zero attached hydrogens (tertiary/aromatic N) is 4. The van der Waals surface area contributed by atoms with E-state index in [1.165, 1.54) is 12.1 Å². The van der Waals surface area contributed by atoms with Gasteiger partial charge in [0.2, 0.25) is 5.95 Å². The molecular formula is C26H24ClFN6O3S. The number of hydrogen-bond acceptors (Lipinski definition) is 7. The fourth-order valence-electron chi connectivity index (χ4n) is 4.08. The first-order chi connectivity index (χ1) is 18.1. The predicted molar refractivity (Wildman–Crippen MR) is 145 cm³/mol. The molecule has 0 aliphatic carbocycles. The number of nitrogens with one attached hydrogen (secondary N) is 2. The second-order valence-corrected chi connectivity index (χ2v) is 11.1. The maximum atomic E-state index is 14.8. The number of fused-ring (bicyclic) bond motifs is 1. The number of rotatable bonds is 8. The SMILES string of the molecule is CC(C)Cn1c(NOS(C)(=O)=O)nc2ccc(-c3[nH]c(-c4c(F)cccc4Cl)nc3-c3ccccc3)nc21. The van der Waals surface area contributed by atoms with Crippen LogP contribution in [0.3, 0.4) is 0 Å². The number of halogens is 2. The van der Waals surface area contributed by atoms with Gasteiger partial charge in [-0.15, -0.1) is 4.28 Å². The highest BCUT2D eigenvalue weighted by molar-refractivity contribution is 7.86. The molecule has 0 atom stereocenters. The second-order valence-electron chi connectivity index (χ2n) is 9.14. The first-order valence-corrected chi connectivity index (χ1v) is 13.9. The molecule has 12 heteroatoms. The van der Waals surface area contributed by atoms with E-state index in [0.717, 1.165) is 11.8 Å². The Morgan fingerprint density at radius 1 is 1.05 bits per heavy atom. The van der Waals surface area contributed by atoms with Gasteiger partial charge in [0.25, 0.3) is 10.1 Å². The Hall–Kier alpha value is -3.80. The van der Waals surface area contributed by atoms with E-state index in [1.807, 2.05) is 44.2 Å². The zero-order valence-electron chi connectivity index (χ0n) is 20.7. The van der Waals surface area contributed by atoms with Crippen molar-refractivity contribution in [2.45, 2.75) is 20.4 Å². The van der Waals surface area contributed by atoms with Gasteiger partial charge >= 0.3 is 0 Å². The zero-order chi connectivity index (χ0) is 27.0. The van der Waals surface area contributed by atoms with E-state index in [2.05, 4.69) is 15.4 Å². The summed E-state index contributed by atoms with van der Waals surface area (Å²) in [7, 11) is -3.76. The average Bonchev–Trinajstić information content (AvgIpc) is 3.44. The van der Waals surface area contributed by atoms with Crippen molar-refractivity contribution >= 4 is 38.8 Å². The summed E-state index contributed by atoms with van der Waals surface area (Å²) in [6.07, 6.45) is 0.939. The quantitative estimate of drug-likeness (QED) is 0.229. The van der Waals surface area contributed by atoms with Gasteiger partial charge in [-0.2, -0.15) is 8.42 Å². The molecule has 0 amide bonds. The Kier molecular flexibility index (Phi) is 6.91. The van der Waals surface area contributed by atoms with Crippen LogP contribution in [0.2, 0.25) is 5.02 Å². The molecule has 0 saturated heterocycles. The van der Waals surface area contributed by atoms with E-state index in [1.54, 1.807) is 22.8 Å². The minimum Gasteiger partial charge on any atom is -0.336 e. The average molecular weight is 555 g/mol. The molecule has 3 aromatic heterocycles. The van der Waals surface area contributed by atoms with E-state index in [4.69, 9.17) is 25.9 Å². The van der Waals surface area contributed by atoms with Crippen LogP contribution < -0.4 is 5.48 Å². The number of anilines is 1. The van der Waals surface area contributed by atoms with Gasteiger partial charge in [0, 0.05) is 12.1 Å². The van der Waals surface area contributed by atoms with Crippen molar-refractivity contribution < 1.29 is 17.1 Å². The van der Waals surface area contributed by atoms with Crippen LogP contribution in [0, 0.1) is 11.7 Å². The Labute approximate surface area is 223 Å². The van der Waals surface area contributed by atoms with Crippen LogP contribution in [0.4, 0.5) is 10.3 Å². The number of aromatic amines is 1. The third-order valence-electron chi connectivity index (χ3n) is 5.63. The highest BCUT2D eigenvalue weighted by atomic mass is 35.5. The van der Waals surface area contributed by atoms with Crippen molar-refractivity contribution in [2.24, 2.45) is 5.92 Å². The second kappa shape index (κ2) is 10.2. The van der Waals surface area contributed by atoms with Crippen molar-refractivity contribution in [1.29, 1.82) is 0 Å². The minimum atomic E-state index is -3.76. The molecule has 9 nitrogen and oxygen atoms in total. The lowest BCUT2D eigenvalue weighted by Crippen LogP contribution is -2.15. The Bertz CT molecular complexity index is 1710. The van der Waals surface area contributed by atoms with E-state index < -0.39 is 15.9 Å². The van der Waals surface area contributed by atoms with Crippen LogP contribution in [0.1, 0.15) is 13.8 Å². The standard InChI is InChI=1S/C26H24ClFN6O3S/c1-15(2)14-34-25-20(30-26(34)33-37-38(3,35)36)13-12-19(29-25)23-22(16-8-5-4-6-9-16)31-24(32-23)21-17(27)10-7-11-18(21)28/h4-13,15H,14H2,1-3H3,(H,30,33)(H,31,32). The van der Waals surface area contributed by atoms with Crippen molar-refractivity contribution in [3.63, 3.8) is 0 Å². The number of H-pyrrole nitrogens is 1. The fourth-order valence-corrected chi connectivity index (χ4v) is 4.55. The molecule has 38 heavy (non-hydrogen) atoms.